The monoisotopic (exact) mass is 318 g/mol. The van der Waals surface area contributed by atoms with Crippen LogP contribution < -0.4 is 21.7 Å². The molecule has 1 amide bonds. The molecular formula is C15H34N4O3. The summed E-state index contributed by atoms with van der Waals surface area (Å²) in [5.41, 5.74) is 5.31. The molecule has 0 fully saturated rings. The smallest absolute Gasteiger partial charge is 0.237 e. The number of hydrogen-bond donors (Lipinski definition) is 4. The van der Waals surface area contributed by atoms with Gasteiger partial charge in [0.1, 0.15) is 0 Å². The predicted octanol–water partition coefficient (Wildman–Crippen LogP) is -0.538. The average Bonchev–Trinajstić information content (AvgIpc) is 2.52. The summed E-state index contributed by atoms with van der Waals surface area (Å²) in [4.78, 5) is 12.1. The Balaban J connectivity index is 3.65. The first kappa shape index (κ1) is 21.3. The van der Waals surface area contributed by atoms with E-state index in [-0.39, 0.29) is 11.9 Å². The fourth-order valence-electron chi connectivity index (χ4n) is 2.00. The van der Waals surface area contributed by atoms with Gasteiger partial charge in [0.2, 0.25) is 5.91 Å². The van der Waals surface area contributed by atoms with Gasteiger partial charge in [0.15, 0.2) is 0 Å². The minimum atomic E-state index is -0.116. The van der Waals surface area contributed by atoms with Gasteiger partial charge in [-0.3, -0.25) is 4.79 Å². The Morgan fingerprint density at radius 1 is 1.09 bits per heavy atom. The first-order valence-electron chi connectivity index (χ1n) is 8.27. The summed E-state index contributed by atoms with van der Waals surface area (Å²) in [5, 5.41) is 9.25. The molecule has 7 heteroatoms. The van der Waals surface area contributed by atoms with Crippen LogP contribution in [0.25, 0.3) is 0 Å². The van der Waals surface area contributed by atoms with Crippen molar-refractivity contribution >= 4 is 5.91 Å². The van der Waals surface area contributed by atoms with Crippen LogP contribution >= 0.6 is 0 Å². The first-order valence-corrected chi connectivity index (χ1v) is 8.27. The molecule has 0 aliphatic heterocycles. The number of carbonyl (C=O) groups excluding carboxylic acids is 1. The van der Waals surface area contributed by atoms with E-state index in [0.717, 1.165) is 32.4 Å². The van der Waals surface area contributed by atoms with E-state index >= 15 is 0 Å². The van der Waals surface area contributed by atoms with Crippen LogP contribution in [-0.4, -0.2) is 71.6 Å². The summed E-state index contributed by atoms with van der Waals surface area (Å²) < 4.78 is 10.6. The highest BCUT2D eigenvalue weighted by Gasteiger charge is 2.15. The number of likely N-dealkylation sites (N-methyl/N-ethyl adjacent to an activating group) is 1. The van der Waals surface area contributed by atoms with E-state index in [2.05, 4.69) is 16.0 Å². The predicted molar refractivity (Wildman–Crippen MR) is 88.9 cm³/mol. The third-order valence-electron chi connectivity index (χ3n) is 3.12. The first-order chi connectivity index (χ1) is 10.8. The standard InChI is InChI=1S/C15H34N4O3/c1-3-18-14(6-4-5-8-17-2)15(20)19-9-11-22-13-12-21-10-7-16/h14,17-18H,3-13,16H2,1-2H3,(H,19,20). The van der Waals surface area contributed by atoms with E-state index in [1.165, 1.54) is 0 Å². The Morgan fingerprint density at radius 2 is 1.82 bits per heavy atom. The SMILES string of the molecule is CCNC(CCCCNC)C(=O)NCCOCCOCCN. The Labute approximate surface area is 134 Å². The maximum atomic E-state index is 12.1. The molecular weight excluding hydrogens is 284 g/mol. The Hall–Kier alpha value is -0.730. The highest BCUT2D eigenvalue weighted by molar-refractivity contribution is 5.81. The zero-order chi connectivity index (χ0) is 16.5. The zero-order valence-corrected chi connectivity index (χ0v) is 14.2. The van der Waals surface area contributed by atoms with Crippen molar-refractivity contribution in [1.29, 1.82) is 0 Å². The van der Waals surface area contributed by atoms with Crippen molar-refractivity contribution in [2.24, 2.45) is 5.73 Å². The molecule has 0 radical (unpaired) electrons. The van der Waals surface area contributed by atoms with E-state index in [9.17, 15) is 4.79 Å². The number of rotatable bonds is 16. The van der Waals surface area contributed by atoms with Gasteiger partial charge < -0.3 is 31.2 Å². The maximum absolute atomic E-state index is 12.1. The highest BCUT2D eigenvalue weighted by Crippen LogP contribution is 2.01. The van der Waals surface area contributed by atoms with Gasteiger partial charge in [-0.1, -0.05) is 13.3 Å². The van der Waals surface area contributed by atoms with Crippen molar-refractivity contribution in [3.8, 4) is 0 Å². The number of unbranched alkanes of at least 4 members (excludes halogenated alkanes) is 1. The van der Waals surface area contributed by atoms with Gasteiger partial charge in [0.25, 0.3) is 0 Å². The number of hydrogen-bond acceptors (Lipinski definition) is 6. The summed E-state index contributed by atoms with van der Waals surface area (Å²) >= 11 is 0. The molecule has 1 unspecified atom stereocenters. The molecule has 0 saturated heterocycles. The van der Waals surface area contributed by atoms with Crippen LogP contribution in [0.1, 0.15) is 26.2 Å². The molecule has 0 aliphatic carbocycles. The lowest BCUT2D eigenvalue weighted by Crippen LogP contribution is -2.45. The second-order valence-electron chi connectivity index (χ2n) is 5.01. The molecule has 1 atom stereocenters. The van der Waals surface area contributed by atoms with Crippen molar-refractivity contribution < 1.29 is 14.3 Å². The Morgan fingerprint density at radius 3 is 2.45 bits per heavy atom. The lowest BCUT2D eigenvalue weighted by atomic mass is 10.1. The fourth-order valence-corrected chi connectivity index (χ4v) is 2.00. The van der Waals surface area contributed by atoms with Crippen molar-refractivity contribution in [3.63, 3.8) is 0 Å². The molecule has 5 N–H and O–H groups in total. The van der Waals surface area contributed by atoms with Gasteiger partial charge in [-0.25, -0.2) is 0 Å². The van der Waals surface area contributed by atoms with Gasteiger partial charge in [0, 0.05) is 13.1 Å². The summed E-state index contributed by atoms with van der Waals surface area (Å²) in [7, 11) is 1.94. The molecule has 0 rings (SSSR count). The summed E-state index contributed by atoms with van der Waals surface area (Å²) in [6.45, 7) is 6.95. The molecule has 0 aromatic heterocycles. The maximum Gasteiger partial charge on any atom is 0.237 e. The van der Waals surface area contributed by atoms with Gasteiger partial charge in [-0.2, -0.15) is 0 Å². The van der Waals surface area contributed by atoms with Crippen LogP contribution in [0.15, 0.2) is 0 Å². The van der Waals surface area contributed by atoms with E-state index in [1.54, 1.807) is 0 Å². The van der Waals surface area contributed by atoms with E-state index < -0.39 is 0 Å². The molecule has 0 saturated carbocycles. The van der Waals surface area contributed by atoms with Gasteiger partial charge >= 0.3 is 0 Å². The van der Waals surface area contributed by atoms with Crippen molar-refractivity contribution in [3.05, 3.63) is 0 Å². The Kier molecular flexibility index (Phi) is 16.1. The summed E-state index contributed by atoms with van der Waals surface area (Å²) in [6, 6.07) is -0.116. The van der Waals surface area contributed by atoms with Crippen molar-refractivity contribution in [2.75, 3.05) is 59.7 Å². The third-order valence-corrected chi connectivity index (χ3v) is 3.12. The molecule has 0 aromatic carbocycles. The Bertz CT molecular complexity index is 255. The topological polar surface area (TPSA) is 97.6 Å². The van der Waals surface area contributed by atoms with E-state index in [1.807, 2.05) is 14.0 Å². The largest absolute Gasteiger partial charge is 0.378 e. The average molecular weight is 318 g/mol. The molecule has 0 spiro atoms. The van der Waals surface area contributed by atoms with Crippen LogP contribution in [-0.2, 0) is 14.3 Å². The summed E-state index contributed by atoms with van der Waals surface area (Å²) in [6.07, 6.45) is 2.97. The second kappa shape index (κ2) is 16.6. The third kappa shape index (κ3) is 13.0. The van der Waals surface area contributed by atoms with Gasteiger partial charge in [-0.05, 0) is 33.0 Å². The number of ether oxygens (including phenoxy) is 2. The quantitative estimate of drug-likeness (QED) is 0.285. The van der Waals surface area contributed by atoms with Gasteiger partial charge in [0.05, 0.1) is 32.5 Å². The minimum absolute atomic E-state index is 0.0503. The number of nitrogens with one attached hydrogen (secondary N) is 3. The van der Waals surface area contributed by atoms with Crippen molar-refractivity contribution in [2.45, 2.75) is 32.2 Å². The molecule has 0 aromatic rings. The van der Waals surface area contributed by atoms with E-state index in [0.29, 0.717) is 39.5 Å². The lowest BCUT2D eigenvalue weighted by Gasteiger charge is -2.17. The second-order valence-corrected chi connectivity index (χ2v) is 5.01. The van der Waals surface area contributed by atoms with E-state index in [4.69, 9.17) is 15.2 Å². The normalized spacial score (nSPS) is 12.3. The van der Waals surface area contributed by atoms with Crippen LogP contribution in [0.4, 0.5) is 0 Å². The zero-order valence-electron chi connectivity index (χ0n) is 14.2. The lowest BCUT2D eigenvalue weighted by molar-refractivity contribution is -0.123. The van der Waals surface area contributed by atoms with Crippen LogP contribution in [0.2, 0.25) is 0 Å². The fraction of sp³-hybridized carbons (Fsp3) is 0.933. The molecule has 0 heterocycles. The number of nitrogens with two attached hydrogens (primary N) is 1. The van der Waals surface area contributed by atoms with Crippen LogP contribution in [0.5, 0.6) is 0 Å². The highest BCUT2D eigenvalue weighted by atomic mass is 16.5. The van der Waals surface area contributed by atoms with Crippen molar-refractivity contribution in [1.82, 2.24) is 16.0 Å². The molecule has 7 nitrogen and oxygen atoms in total. The number of carbonyl (C=O) groups is 1. The van der Waals surface area contributed by atoms with Gasteiger partial charge in [-0.15, -0.1) is 0 Å². The molecule has 0 aliphatic rings. The van der Waals surface area contributed by atoms with Crippen LogP contribution in [0.3, 0.4) is 0 Å². The number of amides is 1. The van der Waals surface area contributed by atoms with Crippen LogP contribution in [0, 0.1) is 0 Å². The molecule has 0 bridgehead atoms. The molecule has 22 heavy (non-hydrogen) atoms. The molecule has 132 valence electrons. The minimum Gasteiger partial charge on any atom is -0.378 e. The summed E-state index contributed by atoms with van der Waals surface area (Å²) in [5.74, 6) is 0.0503.